The van der Waals surface area contributed by atoms with Crippen molar-refractivity contribution in [3.8, 4) is 0 Å². The van der Waals surface area contributed by atoms with Crippen LogP contribution in [0.4, 0.5) is 5.82 Å². The van der Waals surface area contributed by atoms with E-state index in [1.54, 1.807) is 0 Å². The minimum atomic E-state index is 0.696. The van der Waals surface area contributed by atoms with E-state index in [1.165, 1.54) is 12.8 Å². The molecule has 1 fully saturated rings. The maximum atomic E-state index is 4.30. The van der Waals surface area contributed by atoms with Crippen LogP contribution in [0.5, 0.6) is 0 Å². The van der Waals surface area contributed by atoms with Crippen LogP contribution < -0.4 is 5.32 Å². The molecule has 2 rings (SSSR count). The van der Waals surface area contributed by atoms with Crippen LogP contribution in [0.3, 0.4) is 0 Å². The molecule has 0 bridgehead atoms. The highest BCUT2D eigenvalue weighted by molar-refractivity contribution is 5.30. The number of nitrogens with zero attached hydrogens (tertiary/aromatic N) is 2. The van der Waals surface area contributed by atoms with Crippen LogP contribution in [0.1, 0.15) is 18.9 Å². The van der Waals surface area contributed by atoms with Crippen molar-refractivity contribution in [2.75, 3.05) is 12.4 Å². The van der Waals surface area contributed by atoms with Crippen LogP contribution in [-0.2, 0) is 0 Å². The summed E-state index contributed by atoms with van der Waals surface area (Å²) in [4.78, 5) is 0. The highest BCUT2D eigenvalue weighted by Crippen LogP contribution is 2.34. The number of nitrogens with one attached hydrogen (secondary N) is 1. The average molecular weight is 137 g/mol. The van der Waals surface area contributed by atoms with Crippen molar-refractivity contribution in [3.05, 3.63) is 12.3 Å². The monoisotopic (exact) mass is 137 g/mol. The second kappa shape index (κ2) is 2.01. The van der Waals surface area contributed by atoms with E-state index in [0.29, 0.717) is 6.04 Å². The molecule has 0 unspecified atom stereocenters. The molecule has 10 heavy (non-hydrogen) atoms. The van der Waals surface area contributed by atoms with Gasteiger partial charge in [-0.3, -0.25) is 4.68 Å². The topological polar surface area (TPSA) is 29.9 Å². The van der Waals surface area contributed by atoms with Crippen LogP contribution in [-0.4, -0.2) is 16.8 Å². The van der Waals surface area contributed by atoms with E-state index in [-0.39, 0.29) is 0 Å². The molecule has 1 heterocycles. The summed E-state index contributed by atoms with van der Waals surface area (Å²) in [5, 5.41) is 7.29. The third-order valence-corrected chi connectivity index (χ3v) is 1.79. The van der Waals surface area contributed by atoms with Gasteiger partial charge in [0.2, 0.25) is 0 Å². The number of rotatable bonds is 2. The van der Waals surface area contributed by atoms with Crippen LogP contribution in [0.2, 0.25) is 0 Å². The van der Waals surface area contributed by atoms with Crippen LogP contribution in [0.15, 0.2) is 12.3 Å². The molecule has 1 aromatic heterocycles. The molecular formula is C7H11N3. The van der Waals surface area contributed by atoms with Crippen molar-refractivity contribution >= 4 is 5.82 Å². The first-order chi connectivity index (χ1) is 4.90. The van der Waals surface area contributed by atoms with Gasteiger partial charge in [0.05, 0.1) is 6.04 Å². The first-order valence-corrected chi connectivity index (χ1v) is 3.63. The van der Waals surface area contributed by atoms with Gasteiger partial charge in [0, 0.05) is 19.3 Å². The van der Waals surface area contributed by atoms with Crippen LogP contribution in [0.25, 0.3) is 0 Å². The van der Waals surface area contributed by atoms with Crippen LogP contribution >= 0.6 is 0 Å². The molecule has 1 saturated carbocycles. The SMILES string of the molecule is CNc1ccn(C2CC2)n1. The summed E-state index contributed by atoms with van der Waals surface area (Å²) in [6.45, 7) is 0. The molecule has 1 N–H and O–H groups in total. The molecule has 3 heteroatoms. The van der Waals surface area contributed by atoms with Gasteiger partial charge in [-0.05, 0) is 12.8 Å². The number of anilines is 1. The van der Waals surface area contributed by atoms with Crippen molar-refractivity contribution in [1.29, 1.82) is 0 Å². The van der Waals surface area contributed by atoms with Gasteiger partial charge in [-0.25, -0.2) is 0 Å². The normalized spacial score (nSPS) is 17.3. The Kier molecular flexibility index (Phi) is 1.16. The Morgan fingerprint density at radius 1 is 1.70 bits per heavy atom. The largest absolute Gasteiger partial charge is 0.372 e. The minimum Gasteiger partial charge on any atom is -0.372 e. The van der Waals surface area contributed by atoms with Gasteiger partial charge in [-0.1, -0.05) is 0 Å². The highest BCUT2D eigenvalue weighted by atomic mass is 15.3. The molecule has 1 aromatic rings. The third-order valence-electron chi connectivity index (χ3n) is 1.79. The molecule has 3 nitrogen and oxygen atoms in total. The molecular weight excluding hydrogens is 126 g/mol. The molecule has 0 aromatic carbocycles. The van der Waals surface area contributed by atoms with E-state index in [4.69, 9.17) is 0 Å². The summed E-state index contributed by atoms with van der Waals surface area (Å²) < 4.78 is 2.03. The zero-order chi connectivity index (χ0) is 6.97. The first kappa shape index (κ1) is 5.77. The van der Waals surface area contributed by atoms with E-state index in [0.717, 1.165) is 5.82 Å². The Balaban J connectivity index is 2.19. The Labute approximate surface area is 60.0 Å². The molecule has 0 amide bonds. The van der Waals surface area contributed by atoms with Gasteiger partial charge in [-0.2, -0.15) is 5.10 Å². The molecule has 1 aliphatic rings. The number of hydrogen-bond acceptors (Lipinski definition) is 2. The Morgan fingerprint density at radius 2 is 2.50 bits per heavy atom. The van der Waals surface area contributed by atoms with E-state index in [9.17, 15) is 0 Å². The van der Waals surface area contributed by atoms with E-state index >= 15 is 0 Å². The zero-order valence-corrected chi connectivity index (χ0v) is 6.04. The molecule has 1 aliphatic carbocycles. The van der Waals surface area contributed by atoms with Crippen molar-refractivity contribution in [2.24, 2.45) is 0 Å². The molecule has 0 saturated heterocycles. The van der Waals surface area contributed by atoms with Crippen molar-refractivity contribution < 1.29 is 0 Å². The van der Waals surface area contributed by atoms with Crippen molar-refractivity contribution in [3.63, 3.8) is 0 Å². The highest BCUT2D eigenvalue weighted by Gasteiger charge is 2.23. The lowest BCUT2D eigenvalue weighted by Crippen LogP contribution is -1.95. The fraction of sp³-hybridized carbons (Fsp3) is 0.571. The predicted octanol–water partition coefficient (Wildman–Crippen LogP) is 1.26. The predicted molar refractivity (Wildman–Crippen MR) is 40.0 cm³/mol. The quantitative estimate of drug-likeness (QED) is 0.665. The van der Waals surface area contributed by atoms with E-state index in [2.05, 4.69) is 10.4 Å². The smallest absolute Gasteiger partial charge is 0.147 e. The van der Waals surface area contributed by atoms with Gasteiger partial charge in [0.25, 0.3) is 0 Å². The molecule has 0 spiro atoms. The minimum absolute atomic E-state index is 0.696. The lowest BCUT2D eigenvalue weighted by atomic mass is 10.6. The van der Waals surface area contributed by atoms with Crippen molar-refractivity contribution in [1.82, 2.24) is 9.78 Å². The van der Waals surface area contributed by atoms with Gasteiger partial charge in [0.1, 0.15) is 5.82 Å². The Hall–Kier alpha value is -0.990. The second-order valence-electron chi connectivity index (χ2n) is 2.66. The Bertz CT molecular complexity index is 225. The molecule has 0 atom stereocenters. The van der Waals surface area contributed by atoms with Crippen LogP contribution in [0, 0.1) is 0 Å². The number of aromatic nitrogens is 2. The summed E-state index contributed by atoms with van der Waals surface area (Å²) in [6, 6.07) is 2.69. The van der Waals surface area contributed by atoms with E-state index < -0.39 is 0 Å². The molecule has 0 radical (unpaired) electrons. The van der Waals surface area contributed by atoms with Gasteiger partial charge < -0.3 is 5.32 Å². The summed E-state index contributed by atoms with van der Waals surface area (Å²) in [6.07, 6.45) is 4.62. The molecule has 0 aliphatic heterocycles. The lowest BCUT2D eigenvalue weighted by Gasteiger charge is -1.94. The standard InChI is InChI=1S/C7H11N3/c1-8-7-4-5-10(9-7)6-2-3-6/h4-6H,2-3H2,1H3,(H,8,9). The summed E-state index contributed by atoms with van der Waals surface area (Å²) >= 11 is 0. The fourth-order valence-electron chi connectivity index (χ4n) is 1.01. The lowest BCUT2D eigenvalue weighted by molar-refractivity contribution is 0.644. The number of hydrogen-bond donors (Lipinski definition) is 1. The second-order valence-corrected chi connectivity index (χ2v) is 2.66. The maximum Gasteiger partial charge on any atom is 0.147 e. The van der Waals surface area contributed by atoms with Crippen molar-refractivity contribution in [2.45, 2.75) is 18.9 Å². The van der Waals surface area contributed by atoms with Gasteiger partial charge in [-0.15, -0.1) is 0 Å². The Morgan fingerprint density at radius 3 is 3.00 bits per heavy atom. The van der Waals surface area contributed by atoms with E-state index in [1.807, 2.05) is 24.0 Å². The summed E-state index contributed by atoms with van der Waals surface area (Å²) in [5.41, 5.74) is 0. The average Bonchev–Trinajstić information content (AvgIpc) is 2.70. The maximum absolute atomic E-state index is 4.30. The summed E-state index contributed by atoms with van der Waals surface area (Å²) in [7, 11) is 1.89. The summed E-state index contributed by atoms with van der Waals surface area (Å²) in [5.74, 6) is 0.965. The molecule has 54 valence electrons. The third kappa shape index (κ3) is 0.875. The zero-order valence-electron chi connectivity index (χ0n) is 6.04. The fourth-order valence-corrected chi connectivity index (χ4v) is 1.01. The first-order valence-electron chi connectivity index (χ1n) is 3.63. The van der Waals surface area contributed by atoms with Gasteiger partial charge in [0.15, 0.2) is 0 Å². The van der Waals surface area contributed by atoms with Gasteiger partial charge >= 0.3 is 0 Å².